The van der Waals surface area contributed by atoms with Crippen LogP contribution < -0.4 is 5.32 Å². The number of rotatable bonds is 3. The fraction of sp³-hybridized carbons (Fsp3) is 0.0417. The Balaban J connectivity index is 1.48. The summed E-state index contributed by atoms with van der Waals surface area (Å²) in [6.45, 7) is 0. The second-order valence-corrected chi connectivity index (χ2v) is 7.33. The van der Waals surface area contributed by atoms with Crippen LogP contribution in [-0.4, -0.2) is 25.8 Å². The van der Waals surface area contributed by atoms with E-state index in [1.165, 1.54) is 0 Å². The molecule has 3 aromatic heterocycles. The molecule has 6 heteroatoms. The molecule has 1 aliphatic carbocycles. The maximum absolute atomic E-state index is 13.3. The summed E-state index contributed by atoms with van der Waals surface area (Å²) in [5.41, 5.74) is 7.77. The minimum Gasteiger partial charge on any atom is -0.346 e. The Kier molecular flexibility index (Phi) is 3.58. The van der Waals surface area contributed by atoms with Crippen molar-refractivity contribution in [2.45, 2.75) is 6.04 Å². The Morgan fingerprint density at radius 2 is 1.80 bits per heavy atom. The molecule has 0 fully saturated rings. The van der Waals surface area contributed by atoms with Gasteiger partial charge in [0.05, 0.1) is 29.8 Å². The van der Waals surface area contributed by atoms with E-state index in [4.69, 9.17) is 0 Å². The highest BCUT2D eigenvalue weighted by atomic mass is 16.1. The molecule has 3 heterocycles. The topological polar surface area (TPSA) is 86.5 Å². The van der Waals surface area contributed by atoms with Gasteiger partial charge in [0.25, 0.3) is 5.91 Å². The number of benzene rings is 2. The van der Waals surface area contributed by atoms with Crippen molar-refractivity contribution in [1.82, 2.24) is 25.3 Å². The third-order valence-electron chi connectivity index (χ3n) is 5.72. The summed E-state index contributed by atoms with van der Waals surface area (Å²) in [6.07, 6.45) is 6.95. The molecule has 3 N–H and O–H groups in total. The van der Waals surface area contributed by atoms with Crippen LogP contribution in [0.1, 0.15) is 27.5 Å². The van der Waals surface area contributed by atoms with Gasteiger partial charge in [0.15, 0.2) is 0 Å². The maximum atomic E-state index is 13.3. The summed E-state index contributed by atoms with van der Waals surface area (Å²) in [5.74, 6) is -0.124. The number of nitrogens with one attached hydrogen (secondary N) is 3. The van der Waals surface area contributed by atoms with Crippen LogP contribution >= 0.6 is 0 Å². The number of aromatic nitrogens is 4. The second-order valence-electron chi connectivity index (χ2n) is 7.33. The molecule has 1 amide bonds. The normalized spacial score (nSPS) is 14.5. The summed E-state index contributed by atoms with van der Waals surface area (Å²) < 4.78 is 0. The summed E-state index contributed by atoms with van der Waals surface area (Å²) in [4.78, 5) is 28.0. The molecule has 0 bridgehead atoms. The molecule has 1 atom stereocenters. The minimum atomic E-state index is -0.228. The number of H-pyrrole nitrogens is 2. The zero-order valence-corrected chi connectivity index (χ0v) is 15.9. The van der Waals surface area contributed by atoms with Gasteiger partial charge in [0, 0.05) is 23.3 Å². The van der Waals surface area contributed by atoms with E-state index in [0.717, 1.165) is 38.9 Å². The van der Waals surface area contributed by atoms with Crippen molar-refractivity contribution < 1.29 is 4.79 Å². The molecule has 6 rings (SSSR count). The first-order valence-corrected chi connectivity index (χ1v) is 9.75. The number of imidazole rings is 1. The van der Waals surface area contributed by atoms with Crippen molar-refractivity contribution in [3.05, 3.63) is 96.2 Å². The Labute approximate surface area is 172 Å². The molecule has 1 aliphatic rings. The van der Waals surface area contributed by atoms with Crippen molar-refractivity contribution in [1.29, 1.82) is 0 Å². The molecule has 0 saturated heterocycles. The number of hydrogen-bond acceptors (Lipinski definition) is 3. The van der Waals surface area contributed by atoms with E-state index < -0.39 is 0 Å². The van der Waals surface area contributed by atoms with Crippen molar-refractivity contribution in [2.24, 2.45) is 0 Å². The monoisotopic (exact) mass is 391 g/mol. The lowest BCUT2D eigenvalue weighted by molar-refractivity contribution is 0.0945. The molecule has 5 aromatic rings. The summed E-state index contributed by atoms with van der Waals surface area (Å²) in [7, 11) is 0. The lowest BCUT2D eigenvalue weighted by Gasteiger charge is -2.16. The number of aromatic amines is 2. The highest BCUT2D eigenvalue weighted by Crippen LogP contribution is 2.47. The predicted molar refractivity (Wildman–Crippen MR) is 115 cm³/mol. The lowest BCUT2D eigenvalue weighted by atomic mass is 9.97. The van der Waals surface area contributed by atoms with Crippen molar-refractivity contribution in [3.8, 4) is 22.4 Å². The van der Waals surface area contributed by atoms with Gasteiger partial charge >= 0.3 is 0 Å². The quantitative estimate of drug-likeness (QED) is 0.425. The Morgan fingerprint density at radius 3 is 2.70 bits per heavy atom. The molecular weight excluding hydrogens is 374 g/mol. The molecule has 144 valence electrons. The molecule has 2 aromatic carbocycles. The fourth-order valence-corrected chi connectivity index (χ4v) is 4.41. The van der Waals surface area contributed by atoms with E-state index in [1.54, 1.807) is 24.8 Å². The SMILES string of the molecule is O=C(NC1c2ccccc2-c2c(-c3cnc[nH]3)cccc21)c1ccnc2[nH]ccc12. The third-order valence-corrected chi connectivity index (χ3v) is 5.72. The van der Waals surface area contributed by atoms with Gasteiger partial charge in [0.2, 0.25) is 0 Å². The maximum Gasteiger partial charge on any atom is 0.252 e. The molecule has 0 saturated carbocycles. The zero-order valence-electron chi connectivity index (χ0n) is 15.9. The van der Waals surface area contributed by atoms with Crippen LogP contribution in [0.2, 0.25) is 0 Å². The van der Waals surface area contributed by atoms with Crippen molar-refractivity contribution in [2.75, 3.05) is 0 Å². The third kappa shape index (κ3) is 2.40. The van der Waals surface area contributed by atoms with Gasteiger partial charge in [-0.15, -0.1) is 0 Å². The minimum absolute atomic E-state index is 0.124. The first-order valence-electron chi connectivity index (χ1n) is 9.75. The number of nitrogens with zero attached hydrogens (tertiary/aromatic N) is 2. The number of fused-ring (bicyclic) bond motifs is 4. The van der Waals surface area contributed by atoms with E-state index in [9.17, 15) is 4.79 Å². The number of pyridine rings is 1. The Morgan fingerprint density at radius 1 is 0.933 bits per heavy atom. The van der Waals surface area contributed by atoms with Gasteiger partial charge in [-0.2, -0.15) is 0 Å². The van der Waals surface area contributed by atoms with Gasteiger partial charge in [-0.25, -0.2) is 9.97 Å². The molecule has 6 nitrogen and oxygen atoms in total. The van der Waals surface area contributed by atoms with E-state index >= 15 is 0 Å². The number of carbonyl (C=O) groups is 1. The lowest BCUT2D eigenvalue weighted by Crippen LogP contribution is -2.28. The predicted octanol–water partition coefficient (Wildman–Crippen LogP) is 4.45. The molecule has 0 aliphatic heterocycles. The number of hydrogen-bond donors (Lipinski definition) is 3. The van der Waals surface area contributed by atoms with E-state index in [0.29, 0.717) is 11.2 Å². The number of amides is 1. The standard InChI is InChI=1S/C24H17N5O/c30-24(17-9-11-27-23-16(17)8-10-26-23)29-22-15-5-2-1-4-14(15)21-18(6-3-7-19(21)22)20-12-25-13-28-20/h1-13,22H,(H,25,28)(H,26,27)(H,29,30). The van der Waals surface area contributed by atoms with E-state index in [1.807, 2.05) is 30.5 Å². The second kappa shape index (κ2) is 6.42. The van der Waals surface area contributed by atoms with E-state index in [2.05, 4.69) is 49.5 Å². The van der Waals surface area contributed by atoms with Crippen LogP contribution in [0, 0.1) is 0 Å². The van der Waals surface area contributed by atoms with Crippen LogP contribution in [0.15, 0.2) is 79.5 Å². The van der Waals surface area contributed by atoms with Crippen molar-refractivity contribution >= 4 is 16.9 Å². The highest BCUT2D eigenvalue weighted by Gasteiger charge is 2.32. The van der Waals surface area contributed by atoms with E-state index in [-0.39, 0.29) is 11.9 Å². The largest absolute Gasteiger partial charge is 0.346 e. The fourth-order valence-electron chi connectivity index (χ4n) is 4.41. The van der Waals surface area contributed by atoms with Gasteiger partial charge in [0.1, 0.15) is 5.65 Å². The van der Waals surface area contributed by atoms with Gasteiger partial charge in [-0.05, 0) is 34.4 Å². The van der Waals surface area contributed by atoms with Gasteiger partial charge < -0.3 is 15.3 Å². The zero-order chi connectivity index (χ0) is 20.1. The van der Waals surface area contributed by atoms with Crippen LogP contribution in [0.3, 0.4) is 0 Å². The molecule has 0 spiro atoms. The first-order chi connectivity index (χ1) is 14.8. The Hall–Kier alpha value is -4.19. The van der Waals surface area contributed by atoms with Crippen LogP contribution in [0.4, 0.5) is 0 Å². The van der Waals surface area contributed by atoms with Gasteiger partial charge in [-0.3, -0.25) is 4.79 Å². The molecule has 0 radical (unpaired) electrons. The Bertz CT molecular complexity index is 1400. The highest BCUT2D eigenvalue weighted by molar-refractivity contribution is 6.06. The van der Waals surface area contributed by atoms with Gasteiger partial charge in [-0.1, -0.05) is 42.5 Å². The summed E-state index contributed by atoms with van der Waals surface area (Å²) in [6, 6.07) is 17.8. The average molecular weight is 391 g/mol. The first kappa shape index (κ1) is 16.7. The molecule has 1 unspecified atom stereocenters. The number of carbonyl (C=O) groups excluding carboxylic acids is 1. The van der Waals surface area contributed by atoms with Crippen LogP contribution in [-0.2, 0) is 0 Å². The van der Waals surface area contributed by atoms with Crippen molar-refractivity contribution in [3.63, 3.8) is 0 Å². The van der Waals surface area contributed by atoms with Crippen LogP contribution in [0.5, 0.6) is 0 Å². The van der Waals surface area contributed by atoms with Crippen LogP contribution in [0.25, 0.3) is 33.4 Å². The average Bonchev–Trinajstić information content (AvgIpc) is 3.53. The summed E-state index contributed by atoms with van der Waals surface area (Å²) >= 11 is 0. The summed E-state index contributed by atoms with van der Waals surface area (Å²) in [5, 5.41) is 4.07. The molecule has 30 heavy (non-hydrogen) atoms. The molecular formula is C24H17N5O. The smallest absolute Gasteiger partial charge is 0.252 e.